The van der Waals surface area contributed by atoms with Crippen LogP contribution >= 0.6 is 22.9 Å². The average molecular weight is 1130 g/mol. The fourth-order valence-electron chi connectivity index (χ4n) is 9.96. The Balaban J connectivity index is 0.853. The molecule has 0 aliphatic carbocycles. The number of carbonyl (C=O) groups excluding carboxylic acids is 4. The first kappa shape index (κ1) is 59.8. The molecule has 0 radical (unpaired) electrons. The lowest BCUT2D eigenvalue weighted by molar-refractivity contribution is -0.144. The van der Waals surface area contributed by atoms with Crippen LogP contribution in [0.2, 0.25) is 5.02 Å². The smallest absolute Gasteiger partial charge is 0.246 e. The zero-order valence-electron chi connectivity index (χ0n) is 46.2. The number of aliphatic hydroxyl groups is 1. The van der Waals surface area contributed by atoms with E-state index in [-0.39, 0.29) is 81.0 Å². The predicted molar refractivity (Wildman–Crippen MR) is 302 cm³/mol. The zero-order valence-corrected chi connectivity index (χ0v) is 48.6. The van der Waals surface area contributed by atoms with Gasteiger partial charge in [-0.05, 0) is 119 Å². The van der Waals surface area contributed by atoms with Gasteiger partial charge in [0.05, 0.1) is 62.3 Å². The Morgan fingerprint density at radius 1 is 0.923 bits per heavy atom. The molecule has 0 bridgehead atoms. The molecule has 3 aromatic carbocycles. The van der Waals surface area contributed by atoms with Crippen LogP contribution in [0.5, 0.6) is 5.75 Å². The molecule has 0 unspecified atom stereocenters. The number of carbonyl (C=O) groups is 4. The lowest BCUT2D eigenvalue weighted by Gasteiger charge is -2.35. The van der Waals surface area contributed by atoms with Crippen molar-refractivity contribution >= 4 is 56.4 Å². The Morgan fingerprint density at radius 3 is 2.31 bits per heavy atom. The molecule has 4 heterocycles. The van der Waals surface area contributed by atoms with Crippen molar-refractivity contribution in [2.24, 2.45) is 5.41 Å². The van der Waals surface area contributed by atoms with Gasteiger partial charge in [0, 0.05) is 50.7 Å². The van der Waals surface area contributed by atoms with Gasteiger partial charge in [-0.2, -0.15) is 0 Å². The van der Waals surface area contributed by atoms with Gasteiger partial charge >= 0.3 is 0 Å². The maximum absolute atomic E-state index is 14.1. The number of rotatable bonds is 22. The van der Waals surface area contributed by atoms with Crippen LogP contribution in [0.1, 0.15) is 119 Å². The molecule has 17 nitrogen and oxygen atoms in total. The van der Waals surface area contributed by atoms with Gasteiger partial charge in [0.25, 0.3) is 0 Å². The van der Waals surface area contributed by atoms with Gasteiger partial charge < -0.3 is 35.4 Å². The van der Waals surface area contributed by atoms with Gasteiger partial charge in [0.15, 0.2) is 9.84 Å². The molecule has 7 rings (SSSR count). The molecule has 78 heavy (non-hydrogen) atoms. The fourth-order valence-corrected chi connectivity index (χ4v) is 12.2. The molecule has 2 aromatic heterocycles. The summed E-state index contributed by atoms with van der Waals surface area (Å²) in [6, 6.07) is 17.1. The number of hydrogen-bond acceptors (Lipinski definition) is 14. The Morgan fingerprint density at radius 2 is 1.64 bits per heavy atom. The van der Waals surface area contributed by atoms with E-state index < -0.39 is 50.5 Å². The number of aryl methyl sites for hydroxylation is 2. The molecule has 3 atom stereocenters. The predicted octanol–water partition coefficient (Wildman–Crippen LogP) is 7.14. The molecular formula is C58H75ClN8O9S2. The number of ether oxygens (including phenoxy) is 2. The standard InChI is InChI=1S/C58H75ClN8O9S2/c1-35(2)76-49-28-45(37(5)24-43(49)26-51-61-30-46(59)47(64-51)25-42-12-10-11-13-50(42)78(73,74)36(3)4)40-18-21-66(22-19-40)32-52(69)60-20-23-75-33-53(70)65-55(58(7,8)9)57(72)67-31-44(68)27-48(67)56(71)62-29-39-14-16-41(17-15-39)54-38(6)63-34-77-54/h10-17,24,28,30,34-36,40,44,48,55,68H,18-23,25-27,29,31-33H2,1-9H3,(H,60,69)(H,62,71)(H,65,70)/t44-,48+,55-/m1/s1. The first-order valence-electron chi connectivity index (χ1n) is 26.7. The van der Waals surface area contributed by atoms with Crippen molar-refractivity contribution in [3.8, 4) is 16.2 Å². The van der Waals surface area contributed by atoms with Crippen LogP contribution in [0, 0.1) is 19.3 Å². The maximum Gasteiger partial charge on any atom is 0.246 e. The number of nitrogens with one attached hydrogen (secondary N) is 3. The van der Waals surface area contributed by atoms with Crippen molar-refractivity contribution in [3.63, 3.8) is 0 Å². The topological polar surface area (TPSA) is 222 Å². The lowest BCUT2D eigenvalue weighted by Crippen LogP contribution is -2.58. The third-order valence-corrected chi connectivity index (χ3v) is 17.7. The SMILES string of the molecule is Cc1cc(Cc2ncc(Cl)c(Cc3ccccc3S(=O)(=O)C(C)C)n2)c(OC(C)C)cc1C1CCN(CC(=O)NCCOCC(=O)N[C@H](C(=O)N2C[C@H](O)C[C@H]2C(=O)NCc2ccc(-c3scnc3C)cc2)C(C)(C)C)CC1. The van der Waals surface area contributed by atoms with Crippen LogP contribution in [-0.2, 0) is 53.1 Å². The highest BCUT2D eigenvalue weighted by atomic mass is 35.5. The van der Waals surface area contributed by atoms with E-state index in [1.54, 1.807) is 55.1 Å². The number of amides is 4. The lowest BCUT2D eigenvalue weighted by atomic mass is 9.85. The van der Waals surface area contributed by atoms with E-state index in [0.717, 1.165) is 64.5 Å². The summed E-state index contributed by atoms with van der Waals surface area (Å²) in [5.41, 5.74) is 8.34. The first-order valence-corrected chi connectivity index (χ1v) is 29.5. The quantitative estimate of drug-likeness (QED) is 0.0507. The Kier molecular flexibility index (Phi) is 20.3. The van der Waals surface area contributed by atoms with E-state index >= 15 is 0 Å². The molecule has 0 saturated carbocycles. The monoisotopic (exact) mass is 1130 g/mol. The summed E-state index contributed by atoms with van der Waals surface area (Å²) < 4.78 is 38.4. The maximum atomic E-state index is 14.1. The molecular weight excluding hydrogens is 1050 g/mol. The second-order valence-electron chi connectivity index (χ2n) is 22.0. The summed E-state index contributed by atoms with van der Waals surface area (Å²) in [4.78, 5) is 72.4. The first-order chi connectivity index (χ1) is 37.0. The Labute approximate surface area is 468 Å². The van der Waals surface area contributed by atoms with Gasteiger partial charge in [-0.3, -0.25) is 24.1 Å². The highest BCUT2D eigenvalue weighted by Crippen LogP contribution is 2.36. The second kappa shape index (κ2) is 26.4. The zero-order chi connectivity index (χ0) is 56.5. The Hall–Kier alpha value is -5.83. The number of likely N-dealkylation sites (tertiary alicyclic amines) is 2. The number of thiazole rings is 1. The number of benzene rings is 3. The van der Waals surface area contributed by atoms with Crippen LogP contribution in [0.3, 0.4) is 0 Å². The van der Waals surface area contributed by atoms with E-state index in [4.69, 9.17) is 26.1 Å². The minimum absolute atomic E-state index is 0.0409. The number of aliphatic hydroxyl groups excluding tert-OH is 1. The van der Waals surface area contributed by atoms with Crippen LogP contribution in [-0.4, -0.2) is 137 Å². The molecule has 2 aliphatic rings. The highest BCUT2D eigenvalue weighted by molar-refractivity contribution is 7.92. The molecule has 0 spiro atoms. The van der Waals surface area contributed by atoms with Gasteiger partial charge in [-0.25, -0.2) is 23.4 Å². The molecule has 2 saturated heterocycles. The molecule has 4 N–H and O–H groups in total. The summed E-state index contributed by atoms with van der Waals surface area (Å²) in [5, 5.41) is 19.0. The van der Waals surface area contributed by atoms with Crippen molar-refractivity contribution in [3.05, 3.63) is 122 Å². The number of sulfone groups is 1. The van der Waals surface area contributed by atoms with E-state index in [1.807, 2.05) is 71.9 Å². The van der Waals surface area contributed by atoms with Crippen LogP contribution in [0.4, 0.5) is 0 Å². The van der Waals surface area contributed by atoms with Crippen molar-refractivity contribution in [1.29, 1.82) is 0 Å². The summed E-state index contributed by atoms with van der Waals surface area (Å²) in [7, 11) is -3.53. The highest BCUT2D eigenvalue weighted by Gasteiger charge is 2.44. The van der Waals surface area contributed by atoms with E-state index in [2.05, 4.69) is 49.9 Å². The molecule has 5 aromatic rings. The number of halogens is 1. The number of hydrogen-bond donors (Lipinski definition) is 4. The molecule has 20 heteroatoms. The summed E-state index contributed by atoms with van der Waals surface area (Å²) in [6.07, 6.45) is 2.96. The van der Waals surface area contributed by atoms with E-state index in [0.29, 0.717) is 28.5 Å². The largest absolute Gasteiger partial charge is 0.491 e. The van der Waals surface area contributed by atoms with E-state index in [9.17, 15) is 32.7 Å². The third kappa shape index (κ3) is 15.5. The summed E-state index contributed by atoms with van der Waals surface area (Å²) in [5.74, 6) is 0.00106. The van der Waals surface area contributed by atoms with Gasteiger partial charge in [0.1, 0.15) is 30.3 Å². The molecule has 2 aliphatic heterocycles. The average Bonchev–Trinajstić information content (AvgIpc) is 4.04. The third-order valence-electron chi connectivity index (χ3n) is 14.2. The normalized spacial score (nSPS) is 16.9. The molecule has 2 fully saturated rings. The van der Waals surface area contributed by atoms with Gasteiger partial charge in [-0.15, -0.1) is 11.3 Å². The summed E-state index contributed by atoms with van der Waals surface area (Å²) >= 11 is 8.18. The van der Waals surface area contributed by atoms with Gasteiger partial charge in [0.2, 0.25) is 23.6 Å². The van der Waals surface area contributed by atoms with E-state index in [1.165, 1.54) is 10.5 Å². The molecule has 4 amide bonds. The van der Waals surface area contributed by atoms with Crippen LogP contribution < -0.4 is 20.7 Å². The van der Waals surface area contributed by atoms with Crippen molar-refractivity contribution in [2.75, 3.05) is 45.9 Å². The Bertz CT molecular complexity index is 3030. The van der Waals surface area contributed by atoms with Crippen molar-refractivity contribution < 1.29 is 42.2 Å². The van der Waals surface area contributed by atoms with Gasteiger partial charge in [-0.1, -0.05) is 80.9 Å². The summed E-state index contributed by atoms with van der Waals surface area (Å²) in [6.45, 7) is 18.6. The number of nitrogens with zero attached hydrogens (tertiary/aromatic N) is 5. The number of piperidine rings is 1. The number of aromatic nitrogens is 3. The van der Waals surface area contributed by atoms with Crippen molar-refractivity contribution in [2.45, 2.75) is 141 Å². The van der Waals surface area contributed by atoms with Crippen LogP contribution in [0.15, 0.2) is 77.3 Å². The number of β-amino-alcohol motifs (C(OH)–C–C–N with tert-alkyl or cyclic N) is 1. The minimum atomic E-state index is -3.53. The fraction of sp³-hybridized carbons (Fsp3) is 0.500. The van der Waals surface area contributed by atoms with Crippen LogP contribution in [0.25, 0.3) is 10.4 Å². The minimum Gasteiger partial charge on any atom is -0.491 e. The molecule has 420 valence electrons. The second-order valence-corrected chi connectivity index (χ2v) is 25.8. The van der Waals surface area contributed by atoms with Crippen molar-refractivity contribution in [1.82, 2.24) is 40.7 Å².